The van der Waals surface area contributed by atoms with Gasteiger partial charge in [0.15, 0.2) is 5.78 Å². The number of hydrogen-bond donors (Lipinski definition) is 1. The molecule has 0 aliphatic carbocycles. The van der Waals surface area contributed by atoms with Crippen LogP contribution in [0.5, 0.6) is 11.5 Å². The largest absolute Gasteiger partial charge is 0.453 e. The zero-order valence-electron chi connectivity index (χ0n) is 23.8. The van der Waals surface area contributed by atoms with E-state index in [9.17, 15) is 9.36 Å². The van der Waals surface area contributed by atoms with Gasteiger partial charge in [-0.15, -0.1) is 0 Å². The van der Waals surface area contributed by atoms with Crippen LogP contribution in [0, 0.1) is 47.5 Å². The summed E-state index contributed by atoms with van der Waals surface area (Å²) in [5, 5.41) is 2.81. The molecule has 3 aromatic rings. The lowest BCUT2D eigenvalue weighted by atomic mass is 10.0. The Morgan fingerprint density at radius 3 is 1.66 bits per heavy atom. The number of alkyl carbamates (subject to hydrolysis) is 1. The molecule has 0 fully saturated rings. The van der Waals surface area contributed by atoms with Gasteiger partial charge >= 0.3 is 13.7 Å². The quantitative estimate of drug-likeness (QED) is 0.263. The van der Waals surface area contributed by atoms with Crippen molar-refractivity contribution in [1.82, 2.24) is 5.32 Å². The number of rotatable bonds is 10. The average molecular weight is 538 g/mol. The SMILES string of the molecule is Cc1cc(OP(=O)(Oc2cc(C)c(C)c(C)c2)[C@@H](CC(C)C)NC(=O)OCc2ccccc2)cc(C)c1C. The van der Waals surface area contributed by atoms with Gasteiger partial charge in [-0.3, -0.25) is 0 Å². The van der Waals surface area contributed by atoms with Crippen LogP contribution in [0.15, 0.2) is 54.6 Å². The van der Waals surface area contributed by atoms with Crippen LogP contribution in [-0.2, 0) is 15.9 Å². The molecule has 204 valence electrons. The molecule has 0 bridgehead atoms. The summed E-state index contributed by atoms with van der Waals surface area (Å²) < 4.78 is 32.6. The maximum atomic E-state index is 14.7. The Hall–Kier alpha value is -3.24. The molecule has 0 spiro atoms. The molecule has 0 radical (unpaired) electrons. The number of carbonyl (C=O) groups is 1. The van der Waals surface area contributed by atoms with E-state index in [1.54, 1.807) is 0 Å². The van der Waals surface area contributed by atoms with E-state index in [4.69, 9.17) is 13.8 Å². The van der Waals surface area contributed by atoms with Crippen LogP contribution in [0.2, 0.25) is 0 Å². The van der Waals surface area contributed by atoms with Gasteiger partial charge in [0.05, 0.1) is 0 Å². The van der Waals surface area contributed by atoms with Crippen LogP contribution in [0.1, 0.15) is 59.2 Å². The van der Waals surface area contributed by atoms with Gasteiger partial charge in [-0.2, -0.15) is 0 Å². The zero-order chi connectivity index (χ0) is 28.0. The smallest absolute Gasteiger partial charge is 0.445 e. The average Bonchev–Trinajstić information content (AvgIpc) is 2.84. The number of amides is 1. The highest BCUT2D eigenvalue weighted by Gasteiger charge is 2.41. The number of carbonyl (C=O) groups excluding carboxylic acids is 1. The van der Waals surface area contributed by atoms with Gasteiger partial charge in [0.2, 0.25) is 0 Å². The number of hydrogen-bond acceptors (Lipinski definition) is 5. The molecule has 3 rings (SSSR count). The highest BCUT2D eigenvalue weighted by atomic mass is 31.2. The van der Waals surface area contributed by atoms with Crippen molar-refractivity contribution in [2.24, 2.45) is 5.92 Å². The normalized spacial score (nSPS) is 12.2. The van der Waals surface area contributed by atoms with E-state index in [1.165, 1.54) is 0 Å². The van der Waals surface area contributed by atoms with Gasteiger partial charge < -0.3 is 19.1 Å². The second kappa shape index (κ2) is 12.5. The van der Waals surface area contributed by atoms with Crippen LogP contribution in [0.4, 0.5) is 4.79 Å². The molecule has 1 atom stereocenters. The van der Waals surface area contributed by atoms with Crippen molar-refractivity contribution in [3.05, 3.63) is 93.5 Å². The summed E-state index contributed by atoms with van der Waals surface area (Å²) in [6.45, 7) is 16.1. The molecule has 0 saturated carbocycles. The van der Waals surface area contributed by atoms with Crippen molar-refractivity contribution >= 4 is 13.7 Å². The minimum Gasteiger partial charge on any atom is -0.445 e. The Labute approximate surface area is 227 Å². The summed E-state index contributed by atoms with van der Waals surface area (Å²) in [7, 11) is -4.00. The lowest BCUT2D eigenvalue weighted by molar-refractivity contribution is 0.136. The van der Waals surface area contributed by atoms with Crippen LogP contribution in [0.3, 0.4) is 0 Å². The first-order valence-corrected chi connectivity index (χ1v) is 14.6. The summed E-state index contributed by atoms with van der Waals surface area (Å²) in [6, 6.07) is 16.8. The minimum absolute atomic E-state index is 0.0953. The third-order valence-corrected chi connectivity index (χ3v) is 8.87. The lowest BCUT2D eigenvalue weighted by Crippen LogP contribution is -2.38. The molecule has 1 amide bonds. The van der Waals surface area contributed by atoms with E-state index < -0.39 is 19.5 Å². The molecule has 0 unspecified atom stereocenters. The molecule has 0 aliphatic rings. The van der Waals surface area contributed by atoms with Crippen LogP contribution < -0.4 is 14.4 Å². The predicted molar refractivity (Wildman–Crippen MR) is 153 cm³/mol. The summed E-state index contributed by atoms with van der Waals surface area (Å²) in [4.78, 5) is 12.9. The van der Waals surface area contributed by atoms with Crippen LogP contribution in [0.25, 0.3) is 0 Å². The first-order valence-electron chi connectivity index (χ1n) is 13.0. The summed E-state index contributed by atoms with van der Waals surface area (Å²) >= 11 is 0. The zero-order valence-corrected chi connectivity index (χ0v) is 24.6. The standard InChI is InChI=1S/C31H40NO5P/c1-20(2)14-30(32-31(33)35-19-27-12-10-9-11-13-27)38(34,36-28-15-21(3)25(7)22(4)16-28)37-29-17-23(5)26(8)24(6)18-29/h9-13,15-18,20,30H,14,19H2,1-8H3,(H,32,33)/t30-/m0/s1. The van der Waals surface area contributed by atoms with Gasteiger partial charge in [-0.25, -0.2) is 9.36 Å². The fourth-order valence-corrected chi connectivity index (χ4v) is 6.19. The monoisotopic (exact) mass is 537 g/mol. The lowest BCUT2D eigenvalue weighted by Gasteiger charge is -2.29. The fourth-order valence-electron chi connectivity index (χ4n) is 4.15. The molecule has 1 N–H and O–H groups in total. The summed E-state index contributed by atoms with van der Waals surface area (Å²) in [5.74, 6) is 0.0259. The van der Waals surface area contributed by atoms with E-state index in [-0.39, 0.29) is 12.5 Å². The Morgan fingerprint density at radius 1 is 0.789 bits per heavy atom. The van der Waals surface area contributed by atoms with Gasteiger partial charge in [-0.05, 0) is 117 Å². The van der Waals surface area contributed by atoms with Gasteiger partial charge in [0.25, 0.3) is 0 Å². The molecule has 38 heavy (non-hydrogen) atoms. The van der Waals surface area contributed by atoms with Crippen molar-refractivity contribution in [3.8, 4) is 11.5 Å². The summed E-state index contributed by atoms with van der Waals surface area (Å²) in [6.07, 6.45) is -0.315. The van der Waals surface area contributed by atoms with E-state index in [1.807, 2.05) is 110 Å². The fraction of sp³-hybridized carbons (Fsp3) is 0.387. The molecular weight excluding hydrogens is 497 g/mol. The first kappa shape index (κ1) is 29.3. The Morgan fingerprint density at radius 2 is 1.24 bits per heavy atom. The maximum Gasteiger partial charge on any atom is 0.453 e. The molecule has 0 saturated heterocycles. The Bertz CT molecular complexity index is 1210. The van der Waals surface area contributed by atoms with E-state index >= 15 is 0 Å². The molecule has 0 aromatic heterocycles. The first-order chi connectivity index (χ1) is 17.9. The van der Waals surface area contributed by atoms with Crippen molar-refractivity contribution < 1.29 is 23.1 Å². The second-order valence-corrected chi connectivity index (χ2v) is 12.5. The molecule has 0 heterocycles. The number of benzene rings is 3. The van der Waals surface area contributed by atoms with E-state index in [0.29, 0.717) is 17.9 Å². The minimum atomic E-state index is -4.00. The third-order valence-electron chi connectivity index (χ3n) is 6.84. The Balaban J connectivity index is 1.97. The van der Waals surface area contributed by atoms with E-state index in [2.05, 4.69) is 5.32 Å². The molecule has 0 aliphatic heterocycles. The summed E-state index contributed by atoms with van der Waals surface area (Å²) in [5.41, 5.74) is 7.20. The van der Waals surface area contributed by atoms with Crippen molar-refractivity contribution in [2.75, 3.05) is 0 Å². The van der Waals surface area contributed by atoms with E-state index in [0.717, 1.165) is 38.9 Å². The Kier molecular flexibility index (Phi) is 9.67. The molecule has 3 aromatic carbocycles. The van der Waals surface area contributed by atoms with Crippen molar-refractivity contribution in [2.45, 2.75) is 74.2 Å². The third kappa shape index (κ3) is 7.64. The van der Waals surface area contributed by atoms with Crippen molar-refractivity contribution in [3.63, 3.8) is 0 Å². The van der Waals surface area contributed by atoms with Gasteiger partial charge in [0, 0.05) is 0 Å². The highest BCUT2D eigenvalue weighted by Crippen LogP contribution is 2.54. The highest BCUT2D eigenvalue weighted by molar-refractivity contribution is 7.55. The van der Waals surface area contributed by atoms with Crippen LogP contribution >= 0.6 is 7.60 Å². The number of nitrogens with one attached hydrogen (secondary N) is 1. The number of ether oxygens (including phenoxy) is 1. The molecule has 7 heteroatoms. The van der Waals surface area contributed by atoms with Crippen molar-refractivity contribution in [1.29, 1.82) is 0 Å². The number of aryl methyl sites for hydroxylation is 4. The predicted octanol–water partition coefficient (Wildman–Crippen LogP) is 8.49. The topological polar surface area (TPSA) is 73.9 Å². The maximum absolute atomic E-state index is 14.7. The molecule has 6 nitrogen and oxygen atoms in total. The van der Waals surface area contributed by atoms with Gasteiger partial charge in [-0.1, -0.05) is 44.2 Å². The van der Waals surface area contributed by atoms with Gasteiger partial charge in [0.1, 0.15) is 18.1 Å². The molecular formula is C31H40NO5P. The van der Waals surface area contributed by atoms with Crippen LogP contribution in [-0.4, -0.2) is 11.9 Å². The second-order valence-electron chi connectivity index (χ2n) is 10.4.